The largest absolute Gasteiger partial charge is 0.497 e. The summed E-state index contributed by atoms with van der Waals surface area (Å²) in [5.41, 5.74) is 1.16. The van der Waals surface area contributed by atoms with Gasteiger partial charge >= 0.3 is 0 Å². The Morgan fingerprint density at radius 1 is 1.00 bits per heavy atom. The summed E-state index contributed by atoms with van der Waals surface area (Å²) in [7, 11) is 4.85. The van der Waals surface area contributed by atoms with Crippen LogP contribution in [-0.2, 0) is 11.2 Å². The van der Waals surface area contributed by atoms with E-state index in [1.165, 1.54) is 11.8 Å². The number of hydrogen-bond acceptors (Lipinski definition) is 5. The van der Waals surface area contributed by atoms with E-state index in [4.69, 9.17) is 14.2 Å². The Morgan fingerprint density at radius 3 is 2.31 bits per heavy atom. The molecule has 0 aliphatic heterocycles. The van der Waals surface area contributed by atoms with Gasteiger partial charge in [0.05, 0.1) is 26.6 Å². The van der Waals surface area contributed by atoms with Crippen molar-refractivity contribution in [1.29, 1.82) is 0 Å². The molecule has 0 fully saturated rings. The van der Waals surface area contributed by atoms with Gasteiger partial charge in [-0.05, 0) is 49.2 Å². The number of carbonyl (C=O) groups is 1. The average Bonchev–Trinajstić information content (AvgIpc) is 2.68. The molecular weight excluding hydrogens is 350 g/mol. The Labute approximate surface area is 159 Å². The number of carbonyl (C=O) groups excluding carboxylic acids is 1. The molecule has 0 spiro atoms. The lowest BCUT2D eigenvalue weighted by Crippen LogP contribution is -2.32. The number of methoxy groups -OCH3 is 3. The molecule has 1 amide bonds. The van der Waals surface area contributed by atoms with Crippen LogP contribution in [0.4, 0.5) is 0 Å². The van der Waals surface area contributed by atoms with Crippen molar-refractivity contribution in [3.05, 3.63) is 48.0 Å². The van der Waals surface area contributed by atoms with Gasteiger partial charge in [0.15, 0.2) is 11.5 Å². The molecule has 0 saturated carbocycles. The Morgan fingerprint density at radius 2 is 1.69 bits per heavy atom. The molecule has 0 aromatic heterocycles. The summed E-state index contributed by atoms with van der Waals surface area (Å²) in [5, 5.41) is 2.78. The van der Waals surface area contributed by atoms with Gasteiger partial charge in [0.1, 0.15) is 5.75 Å². The van der Waals surface area contributed by atoms with E-state index in [2.05, 4.69) is 5.32 Å². The van der Waals surface area contributed by atoms with Crippen LogP contribution in [0.25, 0.3) is 0 Å². The average molecular weight is 375 g/mol. The van der Waals surface area contributed by atoms with Crippen molar-refractivity contribution in [2.24, 2.45) is 0 Å². The fourth-order valence-corrected chi connectivity index (χ4v) is 3.33. The van der Waals surface area contributed by atoms with Crippen LogP contribution in [0.1, 0.15) is 12.5 Å². The topological polar surface area (TPSA) is 56.8 Å². The number of amides is 1. The monoisotopic (exact) mass is 375 g/mol. The second-order valence-electron chi connectivity index (χ2n) is 5.67. The number of thioether (sulfide) groups is 1. The maximum absolute atomic E-state index is 12.3. The van der Waals surface area contributed by atoms with Gasteiger partial charge in [0, 0.05) is 11.4 Å². The lowest BCUT2D eigenvalue weighted by molar-refractivity contribution is -0.120. The molecule has 2 aromatic rings. The third kappa shape index (κ3) is 5.59. The van der Waals surface area contributed by atoms with Crippen molar-refractivity contribution >= 4 is 17.7 Å². The van der Waals surface area contributed by atoms with E-state index in [1.807, 2.05) is 49.4 Å². The summed E-state index contributed by atoms with van der Waals surface area (Å²) in [6.07, 6.45) is 0.781. The van der Waals surface area contributed by atoms with Crippen LogP contribution >= 0.6 is 11.8 Å². The lowest BCUT2D eigenvalue weighted by Gasteiger charge is -2.14. The van der Waals surface area contributed by atoms with Crippen molar-refractivity contribution in [3.63, 3.8) is 0 Å². The minimum absolute atomic E-state index is 0.0123. The number of hydrogen-bond donors (Lipinski definition) is 1. The van der Waals surface area contributed by atoms with Gasteiger partial charge in [-0.25, -0.2) is 0 Å². The predicted molar refractivity (Wildman–Crippen MR) is 105 cm³/mol. The molecule has 0 aliphatic rings. The quantitative estimate of drug-likeness (QED) is 0.679. The molecule has 0 heterocycles. The van der Waals surface area contributed by atoms with Crippen LogP contribution in [0.3, 0.4) is 0 Å². The zero-order valence-corrected chi connectivity index (χ0v) is 16.4. The molecule has 1 N–H and O–H groups in total. The van der Waals surface area contributed by atoms with Crippen LogP contribution in [0.15, 0.2) is 47.4 Å². The van der Waals surface area contributed by atoms with Gasteiger partial charge in [-0.15, -0.1) is 11.8 Å². The maximum atomic E-state index is 12.3. The third-order valence-corrected chi connectivity index (χ3v) is 5.00. The number of ether oxygens (including phenoxy) is 3. The fraction of sp³-hybridized carbons (Fsp3) is 0.350. The summed E-state index contributed by atoms with van der Waals surface area (Å²) < 4.78 is 15.7. The van der Waals surface area contributed by atoms with Crippen molar-refractivity contribution < 1.29 is 19.0 Å². The third-order valence-electron chi connectivity index (χ3n) is 3.91. The second kappa shape index (κ2) is 9.97. The van der Waals surface area contributed by atoms with Gasteiger partial charge < -0.3 is 19.5 Å². The van der Waals surface area contributed by atoms with Gasteiger partial charge in [0.2, 0.25) is 5.91 Å². The molecule has 26 heavy (non-hydrogen) atoms. The first-order valence-electron chi connectivity index (χ1n) is 8.36. The van der Waals surface area contributed by atoms with Crippen molar-refractivity contribution in [2.75, 3.05) is 27.9 Å². The highest BCUT2D eigenvalue weighted by Crippen LogP contribution is 2.33. The molecule has 0 unspecified atom stereocenters. The van der Waals surface area contributed by atoms with Crippen molar-refractivity contribution in [3.8, 4) is 17.2 Å². The van der Waals surface area contributed by atoms with Crippen LogP contribution in [0.2, 0.25) is 0 Å². The van der Waals surface area contributed by atoms with Crippen molar-refractivity contribution in [1.82, 2.24) is 5.32 Å². The number of rotatable bonds is 9. The Kier molecular flexibility index (Phi) is 7.66. The standard InChI is InChI=1S/C20H25NO4S/c1-14(26-17-9-10-18(24-3)19(13-17)25-4)20(22)21-12-11-15-5-7-16(23-2)8-6-15/h5-10,13-14H,11-12H2,1-4H3,(H,21,22)/t14-/m1/s1. The summed E-state index contributed by atoms with van der Waals surface area (Å²) in [4.78, 5) is 13.3. The zero-order valence-electron chi connectivity index (χ0n) is 15.6. The molecular formula is C20H25NO4S. The molecule has 5 nitrogen and oxygen atoms in total. The highest BCUT2D eigenvalue weighted by Gasteiger charge is 2.15. The van der Waals surface area contributed by atoms with Crippen LogP contribution < -0.4 is 19.5 Å². The van der Waals surface area contributed by atoms with Crippen molar-refractivity contribution in [2.45, 2.75) is 23.5 Å². The number of benzene rings is 2. The first kappa shape index (κ1) is 20.0. The molecule has 6 heteroatoms. The molecule has 0 saturated heterocycles. The smallest absolute Gasteiger partial charge is 0.233 e. The van der Waals surface area contributed by atoms with E-state index in [1.54, 1.807) is 21.3 Å². The SMILES string of the molecule is COc1ccc(CCNC(=O)[C@@H](C)Sc2ccc(OC)c(OC)c2)cc1. The predicted octanol–water partition coefficient (Wildman–Crippen LogP) is 3.55. The highest BCUT2D eigenvalue weighted by atomic mass is 32.2. The maximum Gasteiger partial charge on any atom is 0.233 e. The summed E-state index contributed by atoms with van der Waals surface area (Å²) in [6, 6.07) is 13.5. The Hall–Kier alpha value is -2.34. The first-order chi connectivity index (χ1) is 12.6. The highest BCUT2D eigenvalue weighted by molar-refractivity contribution is 8.00. The second-order valence-corrected chi connectivity index (χ2v) is 7.08. The zero-order chi connectivity index (χ0) is 18.9. The van der Waals surface area contributed by atoms with E-state index in [0.29, 0.717) is 18.0 Å². The van der Waals surface area contributed by atoms with E-state index < -0.39 is 0 Å². The Bertz CT molecular complexity index is 718. The van der Waals surface area contributed by atoms with E-state index in [9.17, 15) is 4.79 Å². The van der Waals surface area contributed by atoms with E-state index >= 15 is 0 Å². The van der Waals surface area contributed by atoms with Crippen LogP contribution in [0, 0.1) is 0 Å². The molecule has 0 radical (unpaired) electrons. The summed E-state index contributed by atoms with van der Waals surface area (Å²) in [6.45, 7) is 2.49. The Balaban J connectivity index is 1.83. The molecule has 0 bridgehead atoms. The summed E-state index contributed by atoms with van der Waals surface area (Å²) >= 11 is 1.49. The molecule has 2 rings (SSSR count). The lowest BCUT2D eigenvalue weighted by atomic mass is 10.1. The molecule has 0 aliphatic carbocycles. The molecule has 140 valence electrons. The van der Waals surface area contributed by atoms with Gasteiger partial charge in [-0.1, -0.05) is 12.1 Å². The molecule has 1 atom stereocenters. The van der Waals surface area contributed by atoms with E-state index in [-0.39, 0.29) is 11.2 Å². The van der Waals surface area contributed by atoms with Crippen LogP contribution in [-0.4, -0.2) is 39.0 Å². The van der Waals surface area contributed by atoms with E-state index in [0.717, 1.165) is 22.6 Å². The first-order valence-corrected chi connectivity index (χ1v) is 9.24. The minimum Gasteiger partial charge on any atom is -0.497 e. The number of nitrogens with one attached hydrogen (secondary N) is 1. The molecule has 2 aromatic carbocycles. The minimum atomic E-state index is -0.205. The normalized spacial score (nSPS) is 11.5. The summed E-state index contributed by atoms with van der Waals surface area (Å²) in [5.74, 6) is 2.18. The van der Waals surface area contributed by atoms with Gasteiger partial charge in [-0.3, -0.25) is 4.79 Å². The fourth-order valence-electron chi connectivity index (χ4n) is 2.41. The van der Waals surface area contributed by atoms with Crippen LogP contribution in [0.5, 0.6) is 17.2 Å². The van der Waals surface area contributed by atoms with Gasteiger partial charge in [0.25, 0.3) is 0 Å². The van der Waals surface area contributed by atoms with Gasteiger partial charge in [-0.2, -0.15) is 0 Å².